The standard InChI is InChI=1S/C25H22FN3O4/c1-17(18-6-4-3-5-7-18)27-28-23(30)16-24(31)29(21-12-14-22(33-2)15-13-21)25(32)19-8-10-20(26)11-9-19/h3-15H,16H2,1-2H3,(H,28,30)/b27-17-. The second-order valence-electron chi connectivity index (χ2n) is 7.01. The fourth-order valence-corrected chi connectivity index (χ4v) is 2.97. The van der Waals surface area contributed by atoms with Crippen molar-refractivity contribution in [3.63, 3.8) is 0 Å². The minimum atomic E-state index is -0.764. The molecule has 0 bridgehead atoms. The maximum Gasteiger partial charge on any atom is 0.265 e. The Morgan fingerprint density at radius 2 is 1.55 bits per heavy atom. The van der Waals surface area contributed by atoms with E-state index in [1.165, 1.54) is 31.4 Å². The lowest BCUT2D eigenvalue weighted by Gasteiger charge is -2.21. The van der Waals surface area contributed by atoms with Crippen LogP contribution in [-0.2, 0) is 9.59 Å². The summed E-state index contributed by atoms with van der Waals surface area (Å²) in [6, 6.07) is 20.2. The third kappa shape index (κ3) is 6.10. The molecule has 0 aromatic heterocycles. The van der Waals surface area contributed by atoms with Gasteiger partial charge in [0.2, 0.25) is 11.8 Å². The highest BCUT2D eigenvalue weighted by Gasteiger charge is 2.26. The number of methoxy groups -OCH3 is 1. The van der Waals surface area contributed by atoms with E-state index in [0.717, 1.165) is 22.6 Å². The first-order valence-corrected chi connectivity index (χ1v) is 10.0. The van der Waals surface area contributed by atoms with E-state index in [0.29, 0.717) is 11.5 Å². The molecule has 0 unspecified atom stereocenters. The zero-order valence-corrected chi connectivity index (χ0v) is 18.1. The number of imide groups is 1. The average Bonchev–Trinajstić information content (AvgIpc) is 2.84. The van der Waals surface area contributed by atoms with Crippen LogP contribution in [0.3, 0.4) is 0 Å². The summed E-state index contributed by atoms with van der Waals surface area (Å²) in [6.45, 7) is 1.72. The van der Waals surface area contributed by atoms with Crippen molar-refractivity contribution in [1.29, 1.82) is 0 Å². The van der Waals surface area contributed by atoms with E-state index in [9.17, 15) is 18.8 Å². The lowest BCUT2D eigenvalue weighted by Crippen LogP contribution is -2.39. The Morgan fingerprint density at radius 1 is 0.909 bits per heavy atom. The Labute approximate surface area is 190 Å². The molecule has 0 fully saturated rings. The van der Waals surface area contributed by atoms with Gasteiger partial charge >= 0.3 is 0 Å². The Hall–Kier alpha value is -4.33. The molecular weight excluding hydrogens is 425 g/mol. The number of carbonyl (C=O) groups excluding carboxylic acids is 3. The SMILES string of the molecule is COc1ccc(N(C(=O)CC(=O)N/N=C(/C)c2ccccc2)C(=O)c2ccc(F)cc2)cc1. The molecule has 0 saturated heterocycles. The molecule has 0 aliphatic carbocycles. The number of hydrogen-bond donors (Lipinski definition) is 1. The number of nitrogens with one attached hydrogen (secondary N) is 1. The molecule has 3 aromatic rings. The molecule has 33 heavy (non-hydrogen) atoms. The van der Waals surface area contributed by atoms with Gasteiger partial charge in [-0.3, -0.25) is 14.4 Å². The first-order valence-electron chi connectivity index (χ1n) is 10.0. The van der Waals surface area contributed by atoms with Gasteiger partial charge in [0.25, 0.3) is 5.91 Å². The summed E-state index contributed by atoms with van der Waals surface area (Å²) in [7, 11) is 1.49. The smallest absolute Gasteiger partial charge is 0.265 e. The van der Waals surface area contributed by atoms with Crippen LogP contribution in [0.2, 0.25) is 0 Å². The molecule has 0 aliphatic rings. The molecule has 0 aliphatic heterocycles. The highest BCUT2D eigenvalue weighted by atomic mass is 19.1. The zero-order chi connectivity index (χ0) is 23.8. The van der Waals surface area contributed by atoms with Gasteiger partial charge in [-0.15, -0.1) is 0 Å². The summed E-state index contributed by atoms with van der Waals surface area (Å²) in [5.41, 5.74) is 4.06. The number of amides is 3. The number of hydrogen-bond acceptors (Lipinski definition) is 5. The van der Waals surface area contributed by atoms with Crippen LogP contribution in [0.5, 0.6) is 5.75 Å². The van der Waals surface area contributed by atoms with E-state index in [1.54, 1.807) is 19.1 Å². The Balaban J connectivity index is 1.80. The Kier molecular flexibility index (Phi) is 7.64. The third-order valence-electron chi connectivity index (χ3n) is 4.73. The van der Waals surface area contributed by atoms with Gasteiger partial charge in [-0.25, -0.2) is 14.7 Å². The van der Waals surface area contributed by atoms with Crippen LogP contribution in [0.1, 0.15) is 29.3 Å². The third-order valence-corrected chi connectivity index (χ3v) is 4.73. The fourth-order valence-electron chi connectivity index (χ4n) is 2.97. The molecule has 0 heterocycles. The normalized spacial score (nSPS) is 10.9. The number of benzene rings is 3. The molecule has 0 radical (unpaired) electrons. The number of carbonyl (C=O) groups is 3. The predicted octanol–water partition coefficient (Wildman–Crippen LogP) is 3.94. The van der Waals surface area contributed by atoms with Crippen molar-refractivity contribution in [1.82, 2.24) is 5.43 Å². The van der Waals surface area contributed by atoms with Gasteiger partial charge in [-0.05, 0) is 61.0 Å². The van der Waals surface area contributed by atoms with Crippen LogP contribution < -0.4 is 15.1 Å². The molecule has 168 valence electrons. The Morgan fingerprint density at radius 3 is 2.15 bits per heavy atom. The Bertz CT molecular complexity index is 1160. The van der Waals surface area contributed by atoms with Crippen molar-refractivity contribution < 1.29 is 23.5 Å². The molecule has 0 saturated carbocycles. The van der Waals surface area contributed by atoms with E-state index in [4.69, 9.17) is 4.74 Å². The molecule has 7 nitrogen and oxygen atoms in total. The van der Waals surface area contributed by atoms with Crippen molar-refractivity contribution in [2.24, 2.45) is 5.10 Å². The summed E-state index contributed by atoms with van der Waals surface area (Å²) >= 11 is 0. The molecule has 0 atom stereocenters. The monoisotopic (exact) mass is 447 g/mol. The van der Waals surface area contributed by atoms with Gasteiger partial charge in [0.05, 0.1) is 18.5 Å². The summed E-state index contributed by atoms with van der Waals surface area (Å²) in [5, 5.41) is 4.02. The van der Waals surface area contributed by atoms with E-state index < -0.39 is 30.0 Å². The van der Waals surface area contributed by atoms with E-state index >= 15 is 0 Å². The lowest BCUT2D eigenvalue weighted by atomic mass is 10.1. The molecule has 0 spiro atoms. The van der Waals surface area contributed by atoms with E-state index in [1.807, 2.05) is 30.3 Å². The quantitative estimate of drug-likeness (QED) is 0.338. The predicted molar refractivity (Wildman–Crippen MR) is 123 cm³/mol. The number of halogens is 1. The minimum absolute atomic E-state index is 0.0962. The summed E-state index contributed by atoms with van der Waals surface area (Å²) in [5.74, 6) is -2.12. The second kappa shape index (κ2) is 10.8. The van der Waals surface area contributed by atoms with E-state index in [-0.39, 0.29) is 11.3 Å². The largest absolute Gasteiger partial charge is 0.497 e. The summed E-state index contributed by atoms with van der Waals surface area (Å²) in [4.78, 5) is 39.3. The highest BCUT2D eigenvalue weighted by Crippen LogP contribution is 2.22. The number of rotatable bonds is 7. The van der Waals surface area contributed by atoms with Crippen LogP contribution in [0.15, 0.2) is 84.0 Å². The van der Waals surface area contributed by atoms with Gasteiger partial charge in [0.15, 0.2) is 0 Å². The zero-order valence-electron chi connectivity index (χ0n) is 18.1. The van der Waals surface area contributed by atoms with E-state index in [2.05, 4.69) is 10.5 Å². The number of hydrazone groups is 1. The van der Waals surface area contributed by atoms with Crippen molar-refractivity contribution in [3.8, 4) is 5.75 Å². The number of ether oxygens (including phenoxy) is 1. The van der Waals surface area contributed by atoms with Crippen LogP contribution in [0.4, 0.5) is 10.1 Å². The first-order chi connectivity index (χ1) is 15.9. The molecular formula is C25H22FN3O4. The number of anilines is 1. The molecule has 8 heteroatoms. The van der Waals surface area contributed by atoms with Crippen LogP contribution in [-0.4, -0.2) is 30.5 Å². The fraction of sp³-hybridized carbons (Fsp3) is 0.120. The maximum atomic E-state index is 13.3. The van der Waals surface area contributed by atoms with Gasteiger partial charge in [-0.1, -0.05) is 30.3 Å². The van der Waals surface area contributed by atoms with Crippen molar-refractivity contribution >= 4 is 29.1 Å². The summed E-state index contributed by atoms with van der Waals surface area (Å²) in [6.07, 6.45) is -0.621. The van der Waals surface area contributed by atoms with Gasteiger partial charge in [-0.2, -0.15) is 5.10 Å². The van der Waals surface area contributed by atoms with Crippen LogP contribution >= 0.6 is 0 Å². The molecule has 3 rings (SSSR count). The van der Waals surface area contributed by atoms with Crippen LogP contribution in [0, 0.1) is 5.82 Å². The molecule has 1 N–H and O–H groups in total. The highest BCUT2D eigenvalue weighted by molar-refractivity contribution is 6.23. The van der Waals surface area contributed by atoms with Gasteiger partial charge in [0.1, 0.15) is 18.0 Å². The van der Waals surface area contributed by atoms with Crippen molar-refractivity contribution in [2.45, 2.75) is 13.3 Å². The van der Waals surface area contributed by atoms with Crippen LogP contribution in [0.25, 0.3) is 0 Å². The summed E-state index contributed by atoms with van der Waals surface area (Å²) < 4.78 is 18.4. The molecule has 3 amide bonds. The second-order valence-corrected chi connectivity index (χ2v) is 7.01. The number of nitrogens with zero attached hydrogens (tertiary/aromatic N) is 2. The van der Waals surface area contributed by atoms with Gasteiger partial charge in [0, 0.05) is 5.56 Å². The maximum absolute atomic E-state index is 13.3. The first kappa shape index (κ1) is 23.3. The minimum Gasteiger partial charge on any atom is -0.497 e. The lowest BCUT2D eigenvalue weighted by molar-refractivity contribution is -0.127. The average molecular weight is 447 g/mol. The van der Waals surface area contributed by atoms with Crippen molar-refractivity contribution in [3.05, 3.63) is 95.8 Å². The van der Waals surface area contributed by atoms with Crippen molar-refractivity contribution in [2.75, 3.05) is 12.0 Å². The molecule has 3 aromatic carbocycles. The topological polar surface area (TPSA) is 88.1 Å². The van der Waals surface area contributed by atoms with Gasteiger partial charge < -0.3 is 4.74 Å².